The van der Waals surface area contributed by atoms with Gasteiger partial charge in [0.05, 0.1) is 28.1 Å². The molecular weight excluding hydrogens is 295 g/mol. The van der Waals surface area contributed by atoms with E-state index in [2.05, 4.69) is 20.2 Å². The van der Waals surface area contributed by atoms with Crippen LogP contribution in [0.3, 0.4) is 0 Å². The summed E-state index contributed by atoms with van der Waals surface area (Å²) in [6.45, 7) is 1.94. The maximum absolute atomic E-state index is 6.15. The lowest BCUT2D eigenvalue weighted by atomic mass is 10.1. The molecule has 0 spiro atoms. The van der Waals surface area contributed by atoms with E-state index >= 15 is 0 Å². The number of hydrogen-bond donors (Lipinski definition) is 1. The van der Waals surface area contributed by atoms with Crippen molar-refractivity contribution in [2.24, 2.45) is 0 Å². The number of hydrogen-bond acceptors (Lipinski definition) is 4. The lowest BCUT2D eigenvalue weighted by Gasteiger charge is -2.30. The lowest BCUT2D eigenvalue weighted by molar-refractivity contribution is 0.709. The summed E-state index contributed by atoms with van der Waals surface area (Å²) < 4.78 is 0. The molecule has 1 saturated heterocycles. The predicted molar refractivity (Wildman–Crippen MR) is 81.9 cm³/mol. The van der Waals surface area contributed by atoms with Crippen LogP contribution in [0.5, 0.6) is 0 Å². The van der Waals surface area contributed by atoms with Crippen LogP contribution in [-0.2, 0) is 0 Å². The first-order chi connectivity index (χ1) is 9.75. The summed E-state index contributed by atoms with van der Waals surface area (Å²) in [5.74, 6) is 0. The summed E-state index contributed by atoms with van der Waals surface area (Å²) in [5.41, 5.74) is 1.96. The van der Waals surface area contributed by atoms with E-state index in [-0.39, 0.29) is 0 Å². The van der Waals surface area contributed by atoms with Gasteiger partial charge in [0, 0.05) is 18.3 Å². The van der Waals surface area contributed by atoms with Gasteiger partial charge in [-0.2, -0.15) is 0 Å². The van der Waals surface area contributed by atoms with Crippen LogP contribution in [0.2, 0.25) is 10.0 Å². The van der Waals surface area contributed by atoms with Crippen molar-refractivity contribution in [3.05, 3.63) is 47.0 Å². The highest BCUT2D eigenvalue weighted by Gasteiger charge is 2.24. The molecule has 1 aromatic heterocycles. The number of benzene rings is 1. The van der Waals surface area contributed by atoms with Gasteiger partial charge in [-0.25, -0.2) is 9.97 Å². The highest BCUT2D eigenvalue weighted by atomic mass is 35.5. The molecule has 104 valence electrons. The van der Waals surface area contributed by atoms with E-state index in [1.807, 2.05) is 30.6 Å². The number of nitrogens with zero attached hydrogens (tertiary/aromatic N) is 3. The average Bonchev–Trinajstić information content (AvgIpc) is 2.98. The first kappa shape index (κ1) is 13.6. The Hall–Kier alpha value is -1.36. The second kappa shape index (κ2) is 5.95. The normalized spacial score (nSPS) is 18.2. The first-order valence-corrected chi connectivity index (χ1v) is 7.21. The SMILES string of the molecule is Clc1ccc(N(c2cncnc2)C2CCNC2)cc1Cl. The molecule has 1 fully saturated rings. The van der Waals surface area contributed by atoms with Crippen LogP contribution in [-0.4, -0.2) is 29.1 Å². The van der Waals surface area contributed by atoms with Gasteiger partial charge in [-0.1, -0.05) is 23.2 Å². The number of aromatic nitrogens is 2. The third-order valence-electron chi connectivity index (χ3n) is 3.41. The third-order valence-corrected chi connectivity index (χ3v) is 4.14. The van der Waals surface area contributed by atoms with Crippen LogP contribution in [0.4, 0.5) is 11.4 Å². The summed E-state index contributed by atoms with van der Waals surface area (Å²) >= 11 is 12.2. The van der Waals surface area contributed by atoms with Gasteiger partial charge in [0.25, 0.3) is 0 Å². The molecule has 0 amide bonds. The topological polar surface area (TPSA) is 41.1 Å². The van der Waals surface area contributed by atoms with Crippen LogP contribution >= 0.6 is 23.2 Å². The molecule has 1 N–H and O–H groups in total. The number of halogens is 2. The van der Waals surface area contributed by atoms with Crippen molar-refractivity contribution in [3.8, 4) is 0 Å². The van der Waals surface area contributed by atoms with Crippen LogP contribution in [0.25, 0.3) is 0 Å². The van der Waals surface area contributed by atoms with E-state index in [0.29, 0.717) is 16.1 Å². The zero-order valence-electron chi connectivity index (χ0n) is 10.8. The molecule has 1 aromatic carbocycles. The monoisotopic (exact) mass is 308 g/mol. The smallest absolute Gasteiger partial charge is 0.115 e. The fraction of sp³-hybridized carbons (Fsp3) is 0.286. The Morgan fingerprint density at radius 2 is 1.90 bits per heavy atom. The molecule has 1 unspecified atom stereocenters. The highest BCUT2D eigenvalue weighted by molar-refractivity contribution is 6.42. The quantitative estimate of drug-likeness (QED) is 0.944. The summed E-state index contributed by atoms with van der Waals surface area (Å²) in [6.07, 6.45) is 6.22. The van der Waals surface area contributed by atoms with Crippen LogP contribution in [0.15, 0.2) is 36.9 Å². The van der Waals surface area contributed by atoms with Crippen LogP contribution < -0.4 is 10.2 Å². The molecule has 0 bridgehead atoms. The summed E-state index contributed by atoms with van der Waals surface area (Å²) in [5, 5.41) is 4.49. The molecule has 0 saturated carbocycles. The van der Waals surface area contributed by atoms with Gasteiger partial charge in [-0.15, -0.1) is 0 Å². The van der Waals surface area contributed by atoms with Crippen molar-refractivity contribution in [1.29, 1.82) is 0 Å². The van der Waals surface area contributed by atoms with Gasteiger partial charge in [-0.05, 0) is 31.2 Å². The van der Waals surface area contributed by atoms with E-state index in [0.717, 1.165) is 30.9 Å². The van der Waals surface area contributed by atoms with E-state index < -0.39 is 0 Å². The maximum atomic E-state index is 6.15. The third kappa shape index (κ3) is 2.73. The minimum Gasteiger partial charge on any atom is -0.334 e. The second-order valence-electron chi connectivity index (χ2n) is 4.71. The molecule has 20 heavy (non-hydrogen) atoms. The Balaban J connectivity index is 2.02. The average molecular weight is 309 g/mol. The summed E-state index contributed by atoms with van der Waals surface area (Å²) in [7, 11) is 0. The Labute approximate surface area is 127 Å². The van der Waals surface area contributed by atoms with E-state index in [1.165, 1.54) is 6.33 Å². The lowest BCUT2D eigenvalue weighted by Crippen LogP contribution is -2.33. The number of anilines is 2. The van der Waals surface area contributed by atoms with Crippen molar-refractivity contribution in [3.63, 3.8) is 0 Å². The molecule has 1 aliphatic heterocycles. The van der Waals surface area contributed by atoms with E-state index in [4.69, 9.17) is 23.2 Å². The van der Waals surface area contributed by atoms with Gasteiger partial charge < -0.3 is 10.2 Å². The zero-order chi connectivity index (χ0) is 13.9. The van der Waals surface area contributed by atoms with Crippen molar-refractivity contribution >= 4 is 34.6 Å². The minimum atomic E-state index is 0.359. The molecule has 4 nitrogen and oxygen atoms in total. The minimum absolute atomic E-state index is 0.359. The molecule has 2 aromatic rings. The van der Waals surface area contributed by atoms with Gasteiger partial charge in [0.1, 0.15) is 6.33 Å². The fourth-order valence-corrected chi connectivity index (χ4v) is 2.77. The molecular formula is C14H14Cl2N4. The Kier molecular flexibility index (Phi) is 4.05. The molecule has 1 atom stereocenters. The molecule has 6 heteroatoms. The van der Waals surface area contributed by atoms with Crippen LogP contribution in [0, 0.1) is 0 Å². The molecule has 0 aliphatic carbocycles. The number of rotatable bonds is 3. The summed E-state index contributed by atoms with van der Waals surface area (Å²) in [4.78, 5) is 10.4. The maximum Gasteiger partial charge on any atom is 0.115 e. The van der Waals surface area contributed by atoms with Gasteiger partial charge in [0.15, 0.2) is 0 Å². The largest absolute Gasteiger partial charge is 0.334 e. The van der Waals surface area contributed by atoms with Crippen LogP contribution in [0.1, 0.15) is 6.42 Å². The van der Waals surface area contributed by atoms with E-state index in [9.17, 15) is 0 Å². The first-order valence-electron chi connectivity index (χ1n) is 6.46. The Bertz CT molecular complexity index is 585. The van der Waals surface area contributed by atoms with Crippen molar-refractivity contribution in [2.45, 2.75) is 12.5 Å². The molecule has 2 heterocycles. The molecule has 0 radical (unpaired) electrons. The Morgan fingerprint density at radius 3 is 2.55 bits per heavy atom. The van der Waals surface area contributed by atoms with Crippen molar-refractivity contribution in [1.82, 2.24) is 15.3 Å². The standard InChI is InChI=1S/C14H14Cl2N4/c15-13-2-1-10(5-14(13)16)20(11-3-4-17-6-11)12-7-18-9-19-8-12/h1-2,5,7-9,11,17H,3-4,6H2. The van der Waals surface area contributed by atoms with Gasteiger partial charge in [-0.3, -0.25) is 0 Å². The van der Waals surface area contributed by atoms with Crippen molar-refractivity contribution < 1.29 is 0 Å². The predicted octanol–water partition coefficient (Wildman–Crippen LogP) is 3.28. The Morgan fingerprint density at radius 1 is 1.10 bits per heavy atom. The van der Waals surface area contributed by atoms with Crippen molar-refractivity contribution in [2.75, 3.05) is 18.0 Å². The zero-order valence-corrected chi connectivity index (χ0v) is 12.3. The van der Waals surface area contributed by atoms with E-state index in [1.54, 1.807) is 0 Å². The highest BCUT2D eigenvalue weighted by Crippen LogP contribution is 2.33. The molecule has 3 rings (SSSR count). The molecule has 1 aliphatic rings. The number of nitrogens with one attached hydrogen (secondary N) is 1. The van der Waals surface area contributed by atoms with Gasteiger partial charge >= 0.3 is 0 Å². The van der Waals surface area contributed by atoms with Gasteiger partial charge in [0.2, 0.25) is 0 Å². The fourth-order valence-electron chi connectivity index (χ4n) is 2.48. The summed E-state index contributed by atoms with van der Waals surface area (Å²) in [6, 6.07) is 6.03. The second-order valence-corrected chi connectivity index (χ2v) is 5.53.